The molecule has 2 aromatic carbocycles. The number of nitrogens with one attached hydrogen (secondary N) is 1. The van der Waals surface area contributed by atoms with E-state index >= 15 is 0 Å². The molecule has 7 rings (SSSR count). The molecule has 2 aliphatic carbocycles. The molecule has 1 N–H and O–H groups in total. The molecule has 2 saturated carbocycles. The van der Waals surface area contributed by atoms with Crippen LogP contribution in [0, 0.1) is 10.6 Å². The zero-order valence-corrected chi connectivity index (χ0v) is 40.5. The number of amides is 2. The number of rotatable bonds is 19. The van der Waals surface area contributed by atoms with Crippen LogP contribution in [0.2, 0.25) is 0 Å². The average molecular weight is 868 g/mol. The standard InChI is InChI=1S/C27H38N3O5.C23H24N2O.K/c1-4-5-10-24(25(32)28-2)29(3)26(33)23-14-20(11-12-21(23)17-31)9-7-6-8-13-35-22-15-27(16-22)18-30(34)19-27;1-4-7-21-19(5-2)20-12-10-16(14-22(20)25(21)3)17-11-13-23(24-15-17)26-18-8-6-9-18;/h4,11-12,14,17,22,24H,1,5-10,13,15-16,18-19H2,2-3H3,(H,28,32);4-5,7,10-15,18H,2,6,8-9H2,1,3H3;/q-1;;+1/b;7-4-;. The Labute approximate surface area is 410 Å². The van der Waals surface area contributed by atoms with E-state index in [1.165, 1.54) is 33.5 Å². The molecule has 0 radical (unpaired) electrons. The summed E-state index contributed by atoms with van der Waals surface area (Å²) in [5.41, 5.74) is 7.68. The van der Waals surface area contributed by atoms with Crippen LogP contribution in [0.15, 0.2) is 80.0 Å². The molecule has 2 aromatic heterocycles. The normalized spacial score (nSPS) is 16.2. The molecular weight excluding hydrogens is 806 g/mol. The van der Waals surface area contributed by atoms with E-state index in [2.05, 4.69) is 71.5 Å². The number of fused-ring (bicyclic) bond motifs is 1. The monoisotopic (exact) mass is 867 g/mol. The molecule has 3 heterocycles. The van der Waals surface area contributed by atoms with Crippen LogP contribution < -0.4 is 61.4 Å². The topological polar surface area (TPSA) is 129 Å². The SMILES string of the molecule is C=CCCC(C(=O)NC)N(C)C(=O)c1cc(CCCCCOC2CC3(C2)CN([O-])C3)ccc1C=O.C=Cc1c(/C=C\C)n(C)c2cc(-c3ccc(OC4CCC4)nc3)ccc12.[K+]. The van der Waals surface area contributed by atoms with Gasteiger partial charge in [0.2, 0.25) is 11.8 Å². The maximum Gasteiger partial charge on any atom is 1.00 e. The number of carbonyl (C=O) groups excluding carboxylic acids is 3. The van der Waals surface area contributed by atoms with E-state index in [0.717, 1.165) is 85.6 Å². The number of allylic oxidation sites excluding steroid dienone is 2. The van der Waals surface area contributed by atoms with E-state index in [9.17, 15) is 19.6 Å². The Morgan fingerprint density at radius 2 is 1.81 bits per heavy atom. The average Bonchev–Trinajstić information content (AvgIpc) is 3.50. The van der Waals surface area contributed by atoms with Gasteiger partial charge in [-0.2, -0.15) is 0 Å². The summed E-state index contributed by atoms with van der Waals surface area (Å²) >= 11 is 0. The van der Waals surface area contributed by atoms with E-state index in [4.69, 9.17) is 9.47 Å². The van der Waals surface area contributed by atoms with Crippen LogP contribution in [0.25, 0.3) is 34.2 Å². The molecule has 3 aliphatic rings. The van der Waals surface area contributed by atoms with Gasteiger partial charge in [0.25, 0.3) is 5.91 Å². The van der Waals surface area contributed by atoms with Gasteiger partial charge in [-0.3, -0.25) is 14.4 Å². The molecule has 1 spiro atoms. The Morgan fingerprint density at radius 3 is 2.42 bits per heavy atom. The van der Waals surface area contributed by atoms with Crippen molar-refractivity contribution in [2.24, 2.45) is 12.5 Å². The van der Waals surface area contributed by atoms with Gasteiger partial charge in [0, 0.05) is 73.3 Å². The number of likely N-dealkylation sites (N-methyl/N-ethyl adjacent to an activating group) is 2. The van der Waals surface area contributed by atoms with Gasteiger partial charge in [0.1, 0.15) is 12.1 Å². The number of nitrogens with zero attached hydrogens (tertiary/aromatic N) is 4. The van der Waals surface area contributed by atoms with Gasteiger partial charge >= 0.3 is 51.4 Å². The van der Waals surface area contributed by atoms with Crippen molar-refractivity contribution in [1.29, 1.82) is 0 Å². The van der Waals surface area contributed by atoms with Gasteiger partial charge in [-0.25, -0.2) is 4.98 Å². The number of ether oxygens (including phenoxy) is 2. The summed E-state index contributed by atoms with van der Waals surface area (Å²) in [5, 5.41) is 16.1. The largest absolute Gasteiger partial charge is 1.00 e. The van der Waals surface area contributed by atoms with E-state index in [-0.39, 0.29) is 68.6 Å². The minimum Gasteiger partial charge on any atom is -0.785 e. The molecule has 12 heteroatoms. The van der Waals surface area contributed by atoms with Crippen LogP contribution >= 0.6 is 0 Å². The fourth-order valence-corrected chi connectivity index (χ4v) is 8.68. The van der Waals surface area contributed by atoms with Crippen LogP contribution in [0.5, 0.6) is 5.88 Å². The molecule has 2 amide bonds. The molecule has 1 atom stereocenters. The summed E-state index contributed by atoms with van der Waals surface area (Å²) in [4.78, 5) is 43.1. The van der Waals surface area contributed by atoms with Crippen molar-refractivity contribution >= 4 is 41.2 Å². The number of aromatic nitrogens is 2. The van der Waals surface area contributed by atoms with E-state index in [1.807, 2.05) is 31.3 Å². The third-order valence-corrected chi connectivity index (χ3v) is 12.5. The summed E-state index contributed by atoms with van der Waals surface area (Å²) in [7, 11) is 5.24. The molecule has 4 aromatic rings. The minimum atomic E-state index is -0.636. The molecule has 0 bridgehead atoms. The first-order valence-corrected chi connectivity index (χ1v) is 21.8. The quantitative estimate of drug-likeness (QED) is 0.0512. The number of carbonyl (C=O) groups is 3. The number of hydrogen-bond acceptors (Lipinski definition) is 8. The Hall–Kier alpha value is -3.72. The van der Waals surface area contributed by atoms with Crippen LogP contribution in [0.3, 0.4) is 0 Å². The molecule has 1 aliphatic heterocycles. The van der Waals surface area contributed by atoms with E-state index in [0.29, 0.717) is 55.6 Å². The molecule has 1 saturated heterocycles. The van der Waals surface area contributed by atoms with Crippen LogP contribution in [0.1, 0.15) is 109 Å². The van der Waals surface area contributed by atoms with E-state index < -0.39 is 6.04 Å². The van der Waals surface area contributed by atoms with Crippen molar-refractivity contribution in [1.82, 2.24) is 24.8 Å². The second-order valence-corrected chi connectivity index (χ2v) is 16.8. The maximum absolute atomic E-state index is 13.2. The van der Waals surface area contributed by atoms with Crippen LogP contribution in [-0.4, -0.2) is 89.7 Å². The number of aryl methyl sites for hydroxylation is 2. The zero-order valence-electron chi connectivity index (χ0n) is 37.4. The van der Waals surface area contributed by atoms with Gasteiger partial charge in [-0.1, -0.05) is 55.5 Å². The van der Waals surface area contributed by atoms with Gasteiger partial charge in [-0.15, -0.1) is 6.58 Å². The molecular formula is C50H62KN5O6. The minimum absolute atomic E-state index is 0. The number of hydrogen-bond donors (Lipinski definition) is 1. The number of benzene rings is 2. The Bertz CT molecular complexity index is 2200. The number of hydroxylamine groups is 2. The van der Waals surface area contributed by atoms with Crippen molar-refractivity contribution in [3.05, 3.63) is 113 Å². The Kier molecular flexibility index (Phi) is 18.5. The zero-order chi connectivity index (χ0) is 43.5. The van der Waals surface area contributed by atoms with Crippen molar-refractivity contribution in [2.75, 3.05) is 33.8 Å². The number of unbranched alkanes of at least 4 members (excludes halogenated alkanes) is 2. The smallest absolute Gasteiger partial charge is 0.785 e. The van der Waals surface area contributed by atoms with E-state index in [1.54, 1.807) is 32.3 Å². The maximum atomic E-state index is 13.2. The third-order valence-electron chi connectivity index (χ3n) is 12.5. The molecule has 1 unspecified atom stereocenters. The summed E-state index contributed by atoms with van der Waals surface area (Å²) in [6, 6.07) is 15.3. The summed E-state index contributed by atoms with van der Waals surface area (Å²) < 4.78 is 14.0. The third kappa shape index (κ3) is 11.9. The van der Waals surface area contributed by atoms with Crippen molar-refractivity contribution < 1.29 is 75.2 Å². The van der Waals surface area contributed by atoms with Gasteiger partial charge in [0.15, 0.2) is 6.29 Å². The molecule has 3 fully saturated rings. The molecule has 62 heavy (non-hydrogen) atoms. The first kappa shape index (κ1) is 49.3. The van der Waals surface area contributed by atoms with Crippen molar-refractivity contribution in [3.63, 3.8) is 0 Å². The van der Waals surface area contributed by atoms with Gasteiger partial charge < -0.3 is 34.5 Å². The fraction of sp³-hybridized carbons (Fsp3) is 0.440. The second-order valence-electron chi connectivity index (χ2n) is 16.8. The predicted molar refractivity (Wildman–Crippen MR) is 244 cm³/mol. The van der Waals surface area contributed by atoms with Crippen LogP contribution in [-0.2, 0) is 23.0 Å². The van der Waals surface area contributed by atoms with Crippen molar-refractivity contribution in [3.8, 4) is 17.0 Å². The van der Waals surface area contributed by atoms with Gasteiger partial charge in [-0.05, 0) is 125 Å². The first-order valence-electron chi connectivity index (χ1n) is 21.8. The summed E-state index contributed by atoms with van der Waals surface area (Å²) in [6.07, 6.45) is 21.4. The summed E-state index contributed by atoms with van der Waals surface area (Å²) in [5.74, 6) is 0.137. The Morgan fingerprint density at radius 1 is 1.05 bits per heavy atom. The molecule has 324 valence electrons. The Balaban J connectivity index is 0.000000239. The number of aldehydes is 1. The number of pyridine rings is 1. The summed E-state index contributed by atoms with van der Waals surface area (Å²) in [6.45, 7) is 11.8. The first-order chi connectivity index (χ1) is 29.5. The predicted octanol–water partition coefficient (Wildman–Crippen LogP) is 6.20. The second kappa shape index (κ2) is 23.3. The van der Waals surface area contributed by atoms with Crippen LogP contribution in [0.4, 0.5) is 0 Å². The van der Waals surface area contributed by atoms with Gasteiger partial charge in [0.05, 0.1) is 11.7 Å². The fourth-order valence-electron chi connectivity index (χ4n) is 8.68. The molecule has 11 nitrogen and oxygen atoms in total. The van der Waals surface area contributed by atoms with Crippen molar-refractivity contribution in [2.45, 2.75) is 95.8 Å².